The zero-order chi connectivity index (χ0) is 14.9. The first-order valence-electron chi connectivity index (χ1n) is 7.58. The number of hydrogen-bond donors (Lipinski definition) is 1. The van der Waals surface area contributed by atoms with Gasteiger partial charge in [0.1, 0.15) is 5.75 Å². The van der Waals surface area contributed by atoms with Crippen LogP contribution < -0.4 is 10.1 Å². The molecule has 1 aromatic rings. The molecule has 1 heterocycles. The fourth-order valence-electron chi connectivity index (χ4n) is 2.30. The first-order valence-corrected chi connectivity index (χ1v) is 7.58. The maximum atomic E-state index is 11.2. The van der Waals surface area contributed by atoms with Gasteiger partial charge in [-0.25, -0.2) is 0 Å². The Bertz CT molecular complexity index is 437. The average molecular weight is 365 g/mol. The third kappa shape index (κ3) is 8.42. The average Bonchev–Trinajstić information content (AvgIpc) is 2.50. The molecule has 1 saturated heterocycles. The number of esters is 1. The van der Waals surface area contributed by atoms with E-state index in [1.165, 1.54) is 5.56 Å². The lowest BCUT2D eigenvalue weighted by Crippen LogP contribution is -2.42. The number of halogens is 2. The summed E-state index contributed by atoms with van der Waals surface area (Å²) in [5.74, 6) is 0.580. The topological polar surface area (TPSA) is 50.8 Å². The predicted molar refractivity (Wildman–Crippen MR) is 95.8 cm³/mol. The van der Waals surface area contributed by atoms with Crippen molar-refractivity contribution in [3.05, 3.63) is 29.8 Å². The van der Waals surface area contributed by atoms with Crippen LogP contribution in [0.5, 0.6) is 5.75 Å². The SMILES string of the molecule is CCOC(=O)CCOc1ccc(CN2CCNCC2)cc1.Cl.Cl. The van der Waals surface area contributed by atoms with Crippen LogP contribution in [-0.2, 0) is 16.1 Å². The molecule has 0 bridgehead atoms. The van der Waals surface area contributed by atoms with Gasteiger partial charge >= 0.3 is 5.97 Å². The number of rotatable bonds is 7. The van der Waals surface area contributed by atoms with E-state index in [4.69, 9.17) is 9.47 Å². The van der Waals surface area contributed by atoms with E-state index in [0.717, 1.165) is 38.5 Å². The van der Waals surface area contributed by atoms with E-state index < -0.39 is 0 Å². The number of piperazine rings is 1. The van der Waals surface area contributed by atoms with Gasteiger partial charge in [0.25, 0.3) is 0 Å². The number of hydrogen-bond acceptors (Lipinski definition) is 5. The van der Waals surface area contributed by atoms with Gasteiger partial charge in [-0.1, -0.05) is 12.1 Å². The Morgan fingerprint density at radius 2 is 1.83 bits per heavy atom. The Balaban J connectivity index is 0.00000242. The van der Waals surface area contributed by atoms with Gasteiger partial charge < -0.3 is 14.8 Å². The molecule has 0 aliphatic carbocycles. The molecular weight excluding hydrogens is 339 g/mol. The van der Waals surface area contributed by atoms with Crippen molar-refractivity contribution in [1.82, 2.24) is 10.2 Å². The van der Waals surface area contributed by atoms with Gasteiger partial charge in [-0.2, -0.15) is 0 Å². The van der Waals surface area contributed by atoms with Crippen LogP contribution in [0.1, 0.15) is 18.9 Å². The van der Waals surface area contributed by atoms with Crippen molar-refractivity contribution in [2.45, 2.75) is 19.9 Å². The van der Waals surface area contributed by atoms with Gasteiger partial charge in [0, 0.05) is 32.7 Å². The lowest BCUT2D eigenvalue weighted by Gasteiger charge is -2.27. The highest BCUT2D eigenvalue weighted by molar-refractivity contribution is 5.85. The molecule has 1 fully saturated rings. The molecule has 0 atom stereocenters. The summed E-state index contributed by atoms with van der Waals surface area (Å²) in [4.78, 5) is 13.6. The summed E-state index contributed by atoms with van der Waals surface area (Å²) in [5, 5.41) is 3.35. The minimum absolute atomic E-state index is 0. The third-order valence-electron chi connectivity index (χ3n) is 3.42. The summed E-state index contributed by atoms with van der Waals surface area (Å²) in [6.45, 7) is 7.87. The molecule has 23 heavy (non-hydrogen) atoms. The molecule has 0 spiro atoms. The smallest absolute Gasteiger partial charge is 0.309 e. The van der Waals surface area contributed by atoms with Gasteiger partial charge in [0.2, 0.25) is 0 Å². The van der Waals surface area contributed by atoms with E-state index in [1.54, 1.807) is 6.92 Å². The lowest BCUT2D eigenvalue weighted by atomic mass is 10.2. The molecule has 1 aliphatic heterocycles. The minimum atomic E-state index is -0.215. The van der Waals surface area contributed by atoms with E-state index >= 15 is 0 Å². The third-order valence-corrected chi connectivity index (χ3v) is 3.42. The van der Waals surface area contributed by atoms with Crippen LogP contribution >= 0.6 is 24.8 Å². The summed E-state index contributed by atoms with van der Waals surface area (Å²) < 4.78 is 10.4. The Morgan fingerprint density at radius 1 is 1.17 bits per heavy atom. The number of ether oxygens (including phenoxy) is 2. The van der Waals surface area contributed by atoms with E-state index in [1.807, 2.05) is 12.1 Å². The Kier molecular flexibility index (Phi) is 11.9. The molecule has 2 rings (SSSR count). The molecule has 0 aromatic heterocycles. The molecule has 0 saturated carbocycles. The van der Waals surface area contributed by atoms with Gasteiger partial charge in [-0.05, 0) is 24.6 Å². The van der Waals surface area contributed by atoms with Crippen LogP contribution in [0.4, 0.5) is 0 Å². The highest BCUT2D eigenvalue weighted by Crippen LogP contribution is 2.14. The quantitative estimate of drug-likeness (QED) is 0.752. The second-order valence-corrected chi connectivity index (χ2v) is 5.07. The first-order chi connectivity index (χ1) is 10.3. The molecule has 5 nitrogen and oxygen atoms in total. The van der Waals surface area contributed by atoms with E-state index in [9.17, 15) is 4.79 Å². The van der Waals surface area contributed by atoms with Crippen LogP contribution in [0.25, 0.3) is 0 Å². The van der Waals surface area contributed by atoms with Gasteiger partial charge in [-0.3, -0.25) is 9.69 Å². The first kappa shape index (κ1) is 22.0. The van der Waals surface area contributed by atoms with Crippen molar-refractivity contribution in [3.63, 3.8) is 0 Å². The zero-order valence-electron chi connectivity index (χ0n) is 13.5. The van der Waals surface area contributed by atoms with Crippen LogP contribution in [-0.4, -0.2) is 50.3 Å². The van der Waals surface area contributed by atoms with Crippen molar-refractivity contribution in [2.75, 3.05) is 39.4 Å². The molecule has 0 unspecified atom stereocenters. The number of carbonyl (C=O) groups excluding carboxylic acids is 1. The number of nitrogens with zero attached hydrogens (tertiary/aromatic N) is 1. The second-order valence-electron chi connectivity index (χ2n) is 5.07. The van der Waals surface area contributed by atoms with Crippen molar-refractivity contribution in [3.8, 4) is 5.75 Å². The summed E-state index contributed by atoms with van der Waals surface area (Å²) in [5.41, 5.74) is 1.29. The molecule has 1 aliphatic rings. The Hall–Kier alpha value is -1.01. The van der Waals surface area contributed by atoms with E-state index in [-0.39, 0.29) is 37.2 Å². The van der Waals surface area contributed by atoms with Gasteiger partial charge in [-0.15, -0.1) is 24.8 Å². The van der Waals surface area contributed by atoms with E-state index in [2.05, 4.69) is 22.3 Å². The molecule has 0 amide bonds. The minimum Gasteiger partial charge on any atom is -0.493 e. The molecule has 0 radical (unpaired) electrons. The van der Waals surface area contributed by atoms with Crippen LogP contribution in [0.2, 0.25) is 0 Å². The van der Waals surface area contributed by atoms with Crippen molar-refractivity contribution in [2.24, 2.45) is 0 Å². The number of benzene rings is 1. The monoisotopic (exact) mass is 364 g/mol. The lowest BCUT2D eigenvalue weighted by molar-refractivity contribution is -0.143. The van der Waals surface area contributed by atoms with Crippen LogP contribution in [0.3, 0.4) is 0 Å². The van der Waals surface area contributed by atoms with E-state index in [0.29, 0.717) is 13.2 Å². The van der Waals surface area contributed by atoms with Crippen molar-refractivity contribution < 1.29 is 14.3 Å². The second kappa shape index (κ2) is 12.4. The Labute approximate surface area is 150 Å². The number of nitrogens with one attached hydrogen (secondary N) is 1. The fraction of sp³-hybridized carbons (Fsp3) is 0.562. The molecular formula is C16H26Cl2N2O3. The van der Waals surface area contributed by atoms with Gasteiger partial charge in [0.05, 0.1) is 19.6 Å². The summed E-state index contributed by atoms with van der Waals surface area (Å²) in [6, 6.07) is 8.09. The predicted octanol–water partition coefficient (Wildman–Crippen LogP) is 2.27. The normalized spacial score (nSPS) is 14.3. The summed E-state index contributed by atoms with van der Waals surface area (Å²) in [7, 11) is 0. The zero-order valence-corrected chi connectivity index (χ0v) is 15.1. The standard InChI is InChI=1S/C16H24N2O3.2ClH/c1-2-20-16(19)7-12-21-15-5-3-14(4-6-15)13-18-10-8-17-9-11-18;;/h3-6,17H,2,7-13H2,1H3;2*1H. The summed E-state index contributed by atoms with van der Waals surface area (Å²) >= 11 is 0. The van der Waals surface area contributed by atoms with Crippen LogP contribution in [0, 0.1) is 0 Å². The molecule has 1 aromatic carbocycles. The van der Waals surface area contributed by atoms with Crippen LogP contribution in [0.15, 0.2) is 24.3 Å². The molecule has 7 heteroatoms. The Morgan fingerprint density at radius 3 is 2.43 bits per heavy atom. The highest BCUT2D eigenvalue weighted by atomic mass is 35.5. The summed E-state index contributed by atoms with van der Waals surface area (Å²) in [6.07, 6.45) is 0.288. The highest BCUT2D eigenvalue weighted by Gasteiger charge is 2.09. The van der Waals surface area contributed by atoms with Crippen molar-refractivity contribution in [1.29, 1.82) is 0 Å². The van der Waals surface area contributed by atoms with Gasteiger partial charge in [0.15, 0.2) is 0 Å². The molecule has 1 N–H and O–H groups in total. The maximum Gasteiger partial charge on any atom is 0.309 e. The maximum absolute atomic E-state index is 11.2. The molecule has 132 valence electrons. The largest absolute Gasteiger partial charge is 0.493 e. The number of carbonyl (C=O) groups is 1. The van der Waals surface area contributed by atoms with Crippen molar-refractivity contribution >= 4 is 30.8 Å². The fourth-order valence-corrected chi connectivity index (χ4v) is 2.30.